The van der Waals surface area contributed by atoms with Crippen molar-refractivity contribution in [2.75, 3.05) is 23.7 Å². The van der Waals surface area contributed by atoms with Crippen LogP contribution in [0.4, 0.5) is 5.69 Å². The van der Waals surface area contributed by atoms with Gasteiger partial charge in [0.05, 0.1) is 11.9 Å². The van der Waals surface area contributed by atoms with Crippen LogP contribution in [0, 0.1) is 13.8 Å². The predicted octanol–water partition coefficient (Wildman–Crippen LogP) is 5.10. The zero-order valence-corrected chi connectivity index (χ0v) is 23.8. The molecule has 7 nitrogen and oxygen atoms in total. The highest BCUT2D eigenvalue weighted by molar-refractivity contribution is 7.92. The van der Waals surface area contributed by atoms with Crippen LogP contribution in [-0.2, 0) is 26.2 Å². The number of rotatable bonds is 12. The van der Waals surface area contributed by atoms with Crippen molar-refractivity contribution in [1.82, 2.24) is 10.2 Å². The zero-order valence-electron chi connectivity index (χ0n) is 21.5. The molecule has 2 amide bonds. The average Bonchev–Trinajstić information content (AvgIpc) is 2.79. The van der Waals surface area contributed by atoms with Gasteiger partial charge in [0.15, 0.2) is 0 Å². The SMILES string of the molecule is CCCCNC(=O)[C@@H](CC)N(Cc1c(Cl)cccc1Cl)C(=O)CN(c1c(C)cccc1C)S(C)(=O)=O. The van der Waals surface area contributed by atoms with Crippen LogP contribution in [0.1, 0.15) is 49.8 Å². The summed E-state index contributed by atoms with van der Waals surface area (Å²) in [7, 11) is -3.82. The number of nitrogens with one attached hydrogen (secondary N) is 1. The number of para-hydroxylation sites is 1. The molecule has 0 aliphatic carbocycles. The van der Waals surface area contributed by atoms with Gasteiger partial charge < -0.3 is 10.2 Å². The number of aryl methyl sites for hydroxylation is 2. The largest absolute Gasteiger partial charge is 0.354 e. The van der Waals surface area contributed by atoms with Crippen LogP contribution in [0.2, 0.25) is 10.0 Å². The minimum absolute atomic E-state index is 0.0403. The maximum atomic E-state index is 13.8. The number of carbonyl (C=O) groups is 2. The van der Waals surface area contributed by atoms with Crippen LogP contribution in [0.3, 0.4) is 0 Å². The fraction of sp³-hybridized carbons (Fsp3) is 0.462. The monoisotopic (exact) mass is 555 g/mol. The molecule has 198 valence electrons. The first-order valence-corrected chi connectivity index (χ1v) is 14.6. The van der Waals surface area contributed by atoms with Crippen molar-refractivity contribution < 1.29 is 18.0 Å². The van der Waals surface area contributed by atoms with E-state index in [9.17, 15) is 18.0 Å². The van der Waals surface area contributed by atoms with Gasteiger partial charge in [-0.05, 0) is 49.9 Å². The summed E-state index contributed by atoms with van der Waals surface area (Å²) in [4.78, 5) is 28.3. The van der Waals surface area contributed by atoms with Crippen LogP contribution in [0.5, 0.6) is 0 Å². The molecule has 10 heteroatoms. The second-order valence-electron chi connectivity index (χ2n) is 8.80. The van der Waals surface area contributed by atoms with E-state index in [0.717, 1.165) is 34.5 Å². The molecule has 0 saturated carbocycles. The predicted molar refractivity (Wildman–Crippen MR) is 147 cm³/mol. The Labute approximate surface area is 224 Å². The van der Waals surface area contributed by atoms with Crippen LogP contribution >= 0.6 is 23.2 Å². The zero-order chi connectivity index (χ0) is 27.0. The van der Waals surface area contributed by atoms with Gasteiger partial charge >= 0.3 is 0 Å². The highest BCUT2D eigenvalue weighted by Crippen LogP contribution is 2.29. The molecule has 0 fully saturated rings. The van der Waals surface area contributed by atoms with E-state index >= 15 is 0 Å². The van der Waals surface area contributed by atoms with Crippen molar-refractivity contribution in [3.63, 3.8) is 0 Å². The summed E-state index contributed by atoms with van der Waals surface area (Å²) in [5, 5.41) is 3.60. The van der Waals surface area contributed by atoms with Gasteiger partial charge in [-0.1, -0.05) is 67.7 Å². The van der Waals surface area contributed by atoms with Gasteiger partial charge in [-0.15, -0.1) is 0 Å². The third kappa shape index (κ3) is 7.60. The fourth-order valence-corrected chi connectivity index (χ4v) is 5.54. The third-order valence-corrected chi connectivity index (χ3v) is 7.79. The molecule has 0 spiro atoms. The number of carbonyl (C=O) groups excluding carboxylic acids is 2. The lowest BCUT2D eigenvalue weighted by Crippen LogP contribution is -2.52. The molecular weight excluding hydrogens is 521 g/mol. The first-order valence-electron chi connectivity index (χ1n) is 12.0. The molecule has 0 saturated heterocycles. The molecule has 0 bridgehead atoms. The van der Waals surface area contributed by atoms with Crippen molar-refractivity contribution >= 4 is 50.7 Å². The van der Waals surface area contributed by atoms with Crippen molar-refractivity contribution in [2.45, 2.75) is 59.5 Å². The van der Waals surface area contributed by atoms with Crippen LogP contribution in [0.15, 0.2) is 36.4 Å². The average molecular weight is 557 g/mol. The molecular formula is C26H35Cl2N3O4S. The number of anilines is 1. The lowest BCUT2D eigenvalue weighted by Gasteiger charge is -2.34. The van der Waals surface area contributed by atoms with Gasteiger partial charge in [0.1, 0.15) is 12.6 Å². The van der Waals surface area contributed by atoms with E-state index in [0.29, 0.717) is 34.3 Å². The molecule has 2 aromatic carbocycles. The van der Waals surface area contributed by atoms with E-state index in [-0.39, 0.29) is 12.5 Å². The van der Waals surface area contributed by atoms with Crippen LogP contribution in [-0.4, -0.2) is 50.5 Å². The molecule has 0 aromatic heterocycles. The number of halogens is 2. The normalized spacial score (nSPS) is 12.2. The molecule has 0 radical (unpaired) electrons. The second-order valence-corrected chi connectivity index (χ2v) is 11.5. The number of amides is 2. The summed E-state index contributed by atoms with van der Waals surface area (Å²) < 4.78 is 26.8. The fourth-order valence-electron chi connectivity index (χ4n) is 4.05. The number of nitrogens with zero attached hydrogens (tertiary/aromatic N) is 2. The van der Waals surface area contributed by atoms with E-state index in [2.05, 4.69) is 5.32 Å². The topological polar surface area (TPSA) is 86.8 Å². The number of hydrogen-bond donors (Lipinski definition) is 1. The number of unbranched alkanes of at least 4 members (excludes halogenated alkanes) is 1. The summed E-state index contributed by atoms with van der Waals surface area (Å²) >= 11 is 12.8. The molecule has 0 aliphatic heterocycles. The number of sulfonamides is 1. The minimum atomic E-state index is -3.82. The van der Waals surface area contributed by atoms with Crippen molar-refractivity contribution in [2.24, 2.45) is 0 Å². The summed E-state index contributed by atoms with van der Waals surface area (Å²) in [6.07, 6.45) is 3.11. The number of benzene rings is 2. The molecule has 0 aliphatic rings. The maximum absolute atomic E-state index is 13.8. The van der Waals surface area contributed by atoms with Gasteiger partial charge in [0.2, 0.25) is 21.8 Å². The van der Waals surface area contributed by atoms with E-state index in [4.69, 9.17) is 23.2 Å². The van der Waals surface area contributed by atoms with Crippen LogP contribution in [0.25, 0.3) is 0 Å². The van der Waals surface area contributed by atoms with Gasteiger partial charge in [-0.2, -0.15) is 0 Å². The Morgan fingerprint density at radius 3 is 2.06 bits per heavy atom. The molecule has 1 atom stereocenters. The van der Waals surface area contributed by atoms with Crippen molar-refractivity contribution in [1.29, 1.82) is 0 Å². The summed E-state index contributed by atoms with van der Waals surface area (Å²) in [5.41, 5.74) is 2.38. The Kier molecular flexibility index (Phi) is 11.1. The molecule has 2 rings (SSSR count). The van der Waals surface area contributed by atoms with E-state index in [1.807, 2.05) is 13.0 Å². The Morgan fingerprint density at radius 2 is 1.56 bits per heavy atom. The summed E-state index contributed by atoms with van der Waals surface area (Å²) in [6, 6.07) is 9.60. The number of hydrogen-bond acceptors (Lipinski definition) is 4. The van der Waals surface area contributed by atoms with E-state index in [1.54, 1.807) is 51.1 Å². The Morgan fingerprint density at radius 1 is 1.00 bits per heavy atom. The van der Waals surface area contributed by atoms with Crippen molar-refractivity contribution in [3.05, 3.63) is 63.1 Å². The first-order chi connectivity index (χ1) is 16.9. The Bertz CT molecular complexity index is 1150. The Balaban J connectivity index is 2.52. The lowest BCUT2D eigenvalue weighted by atomic mass is 10.1. The third-order valence-electron chi connectivity index (χ3n) is 5.97. The highest BCUT2D eigenvalue weighted by atomic mass is 35.5. The molecule has 2 aromatic rings. The molecule has 1 N–H and O–H groups in total. The molecule has 0 heterocycles. The van der Waals surface area contributed by atoms with Gasteiger partial charge in [-0.25, -0.2) is 8.42 Å². The Hall–Kier alpha value is -2.29. The van der Waals surface area contributed by atoms with Gasteiger partial charge in [0.25, 0.3) is 0 Å². The van der Waals surface area contributed by atoms with E-state index in [1.165, 1.54) is 4.90 Å². The van der Waals surface area contributed by atoms with Gasteiger partial charge in [-0.3, -0.25) is 13.9 Å². The quantitative estimate of drug-likeness (QED) is 0.369. The first kappa shape index (κ1) is 29.9. The second kappa shape index (κ2) is 13.3. The van der Waals surface area contributed by atoms with Gasteiger partial charge in [0, 0.05) is 28.7 Å². The lowest BCUT2D eigenvalue weighted by molar-refractivity contribution is -0.140. The smallest absolute Gasteiger partial charge is 0.244 e. The molecule has 0 unspecified atom stereocenters. The standard InChI is InChI=1S/C26H35Cl2N3O4S/c1-6-8-15-29-26(33)23(7-2)30(16-20-21(27)13-10-14-22(20)28)24(32)17-31(36(5,34)35)25-18(3)11-9-12-19(25)4/h9-14,23H,6-8,15-17H2,1-5H3,(H,29,33)/t23-/m1/s1. The van der Waals surface area contributed by atoms with Crippen molar-refractivity contribution in [3.8, 4) is 0 Å². The summed E-state index contributed by atoms with van der Waals surface area (Å²) in [6.45, 7) is 7.39. The highest BCUT2D eigenvalue weighted by Gasteiger charge is 2.33. The molecule has 36 heavy (non-hydrogen) atoms. The van der Waals surface area contributed by atoms with Crippen LogP contribution < -0.4 is 9.62 Å². The maximum Gasteiger partial charge on any atom is 0.244 e. The summed E-state index contributed by atoms with van der Waals surface area (Å²) in [5.74, 6) is -0.836. The minimum Gasteiger partial charge on any atom is -0.354 e. The van der Waals surface area contributed by atoms with E-state index < -0.39 is 28.5 Å².